The van der Waals surface area contributed by atoms with Crippen molar-refractivity contribution < 1.29 is 23.7 Å². The second-order valence-electron chi connectivity index (χ2n) is 4.98. The third-order valence-corrected chi connectivity index (χ3v) is 3.04. The van der Waals surface area contributed by atoms with Crippen molar-refractivity contribution in [1.29, 1.82) is 0 Å². The first-order valence-electron chi connectivity index (χ1n) is 8.00. The maximum atomic E-state index is 11.4. The summed E-state index contributed by atoms with van der Waals surface area (Å²) in [4.78, 5) is 11.4. The Labute approximate surface area is 142 Å². The Balaban J connectivity index is 1.42. The number of carbonyl (C=O) groups excluding carboxylic acids is 1. The van der Waals surface area contributed by atoms with Crippen LogP contribution in [0, 0.1) is 0 Å². The average molecular weight is 330 g/mol. The van der Waals surface area contributed by atoms with Crippen molar-refractivity contribution in [1.82, 2.24) is 0 Å². The fourth-order valence-electron chi connectivity index (χ4n) is 1.88. The third-order valence-electron chi connectivity index (χ3n) is 3.04. The Hall–Kier alpha value is -2.69. The van der Waals surface area contributed by atoms with Crippen LogP contribution in [-0.4, -0.2) is 32.6 Å². The highest BCUT2D eigenvalue weighted by molar-refractivity contribution is 5.59. The maximum absolute atomic E-state index is 11.4. The molecule has 0 fully saturated rings. The SMILES string of the molecule is O=C(OCCCOc1ccccc1)OCCCOc1ccccc1. The molecular weight excluding hydrogens is 308 g/mol. The highest BCUT2D eigenvalue weighted by atomic mass is 16.7. The largest absolute Gasteiger partial charge is 0.508 e. The van der Waals surface area contributed by atoms with Crippen LogP contribution in [0.15, 0.2) is 60.7 Å². The first-order chi connectivity index (χ1) is 11.8. The van der Waals surface area contributed by atoms with Crippen molar-refractivity contribution in [3.8, 4) is 11.5 Å². The van der Waals surface area contributed by atoms with E-state index in [9.17, 15) is 4.79 Å². The van der Waals surface area contributed by atoms with Crippen molar-refractivity contribution in [3.05, 3.63) is 60.7 Å². The highest BCUT2D eigenvalue weighted by Gasteiger charge is 2.03. The molecule has 2 rings (SSSR count). The van der Waals surface area contributed by atoms with Crippen LogP contribution in [0.4, 0.5) is 4.79 Å². The molecule has 2 aromatic rings. The Morgan fingerprint density at radius 1 is 0.625 bits per heavy atom. The Kier molecular flexibility index (Phi) is 8.05. The zero-order valence-corrected chi connectivity index (χ0v) is 13.6. The standard InChI is InChI=1S/C19H22O5/c20-19(23-15-7-13-21-17-9-3-1-4-10-17)24-16-8-14-22-18-11-5-2-6-12-18/h1-6,9-12H,7-8,13-16H2. The van der Waals surface area contributed by atoms with Crippen LogP contribution in [-0.2, 0) is 9.47 Å². The number of para-hydroxylation sites is 2. The van der Waals surface area contributed by atoms with Gasteiger partial charge in [-0.1, -0.05) is 36.4 Å². The summed E-state index contributed by atoms with van der Waals surface area (Å²) in [6.07, 6.45) is 0.566. The Bertz CT molecular complexity index is 519. The lowest BCUT2D eigenvalue weighted by atomic mass is 10.3. The Morgan fingerprint density at radius 3 is 1.46 bits per heavy atom. The number of ether oxygens (including phenoxy) is 4. The molecule has 2 aromatic carbocycles. The van der Waals surface area contributed by atoms with Crippen molar-refractivity contribution in [3.63, 3.8) is 0 Å². The summed E-state index contributed by atoms with van der Waals surface area (Å²) in [5.41, 5.74) is 0. The minimum Gasteiger partial charge on any atom is -0.493 e. The minimum absolute atomic E-state index is 0.270. The van der Waals surface area contributed by atoms with E-state index < -0.39 is 6.16 Å². The quantitative estimate of drug-likeness (QED) is 0.485. The molecular formula is C19H22O5. The third kappa shape index (κ3) is 7.54. The van der Waals surface area contributed by atoms with E-state index in [4.69, 9.17) is 18.9 Å². The van der Waals surface area contributed by atoms with Gasteiger partial charge >= 0.3 is 6.16 Å². The molecule has 0 heterocycles. The topological polar surface area (TPSA) is 54.0 Å². The molecule has 0 saturated heterocycles. The molecule has 0 aromatic heterocycles. The van der Waals surface area contributed by atoms with Crippen LogP contribution < -0.4 is 9.47 Å². The first kappa shape index (κ1) is 17.7. The van der Waals surface area contributed by atoms with Crippen molar-refractivity contribution >= 4 is 6.16 Å². The van der Waals surface area contributed by atoms with Gasteiger partial charge in [0, 0.05) is 12.8 Å². The first-order valence-corrected chi connectivity index (χ1v) is 8.00. The molecule has 0 aliphatic carbocycles. The van der Waals surface area contributed by atoms with Crippen LogP contribution in [0.1, 0.15) is 12.8 Å². The van der Waals surface area contributed by atoms with Gasteiger partial charge in [-0.25, -0.2) is 4.79 Å². The molecule has 0 bridgehead atoms. The molecule has 0 amide bonds. The summed E-state index contributed by atoms with van der Waals surface area (Å²) < 4.78 is 20.9. The molecule has 0 radical (unpaired) electrons. The van der Waals surface area contributed by atoms with Gasteiger partial charge in [-0.3, -0.25) is 0 Å². The molecule has 24 heavy (non-hydrogen) atoms. The smallest absolute Gasteiger partial charge is 0.493 e. The van der Waals surface area contributed by atoms with Crippen LogP contribution >= 0.6 is 0 Å². The van der Waals surface area contributed by atoms with Crippen molar-refractivity contribution in [2.75, 3.05) is 26.4 Å². The fourth-order valence-corrected chi connectivity index (χ4v) is 1.88. The molecule has 0 atom stereocenters. The lowest BCUT2D eigenvalue weighted by Gasteiger charge is -2.08. The molecule has 5 heteroatoms. The number of hydrogen-bond donors (Lipinski definition) is 0. The lowest BCUT2D eigenvalue weighted by molar-refractivity contribution is 0.0489. The van der Waals surface area contributed by atoms with Gasteiger partial charge < -0.3 is 18.9 Å². The zero-order chi connectivity index (χ0) is 16.9. The van der Waals surface area contributed by atoms with E-state index in [0.717, 1.165) is 11.5 Å². The van der Waals surface area contributed by atoms with Gasteiger partial charge in [0.15, 0.2) is 0 Å². The summed E-state index contributed by atoms with van der Waals surface area (Å²) in [7, 11) is 0. The molecule has 0 aliphatic heterocycles. The second kappa shape index (κ2) is 10.9. The number of rotatable bonds is 10. The van der Waals surface area contributed by atoms with Crippen LogP contribution in [0.5, 0.6) is 11.5 Å². The lowest BCUT2D eigenvalue weighted by Crippen LogP contribution is -2.12. The summed E-state index contributed by atoms with van der Waals surface area (Å²) in [6, 6.07) is 19.0. The van der Waals surface area contributed by atoms with E-state index in [1.165, 1.54) is 0 Å². The van der Waals surface area contributed by atoms with Crippen molar-refractivity contribution in [2.45, 2.75) is 12.8 Å². The predicted molar refractivity (Wildman–Crippen MR) is 90.4 cm³/mol. The normalized spacial score (nSPS) is 10.0. The summed E-state index contributed by atoms with van der Waals surface area (Å²) in [6.45, 7) is 1.52. The maximum Gasteiger partial charge on any atom is 0.508 e. The van der Waals surface area contributed by atoms with Gasteiger partial charge in [0.1, 0.15) is 11.5 Å². The summed E-state index contributed by atoms with van der Waals surface area (Å²) >= 11 is 0. The van der Waals surface area contributed by atoms with Gasteiger partial charge in [0.25, 0.3) is 0 Å². The van der Waals surface area contributed by atoms with Gasteiger partial charge in [0.2, 0.25) is 0 Å². The van der Waals surface area contributed by atoms with Crippen LogP contribution in [0.25, 0.3) is 0 Å². The molecule has 0 unspecified atom stereocenters. The van der Waals surface area contributed by atoms with E-state index >= 15 is 0 Å². The highest BCUT2D eigenvalue weighted by Crippen LogP contribution is 2.09. The number of benzene rings is 2. The van der Waals surface area contributed by atoms with Gasteiger partial charge in [0.05, 0.1) is 26.4 Å². The van der Waals surface area contributed by atoms with Gasteiger partial charge in [-0.15, -0.1) is 0 Å². The minimum atomic E-state index is -0.658. The van der Waals surface area contributed by atoms with Gasteiger partial charge in [-0.2, -0.15) is 0 Å². The zero-order valence-electron chi connectivity index (χ0n) is 13.6. The predicted octanol–water partition coefficient (Wildman–Crippen LogP) is 4.08. The van der Waals surface area contributed by atoms with E-state index in [-0.39, 0.29) is 13.2 Å². The van der Waals surface area contributed by atoms with E-state index in [0.29, 0.717) is 26.1 Å². The Morgan fingerprint density at radius 2 is 1.04 bits per heavy atom. The summed E-state index contributed by atoms with van der Waals surface area (Å²) in [5.74, 6) is 1.61. The van der Waals surface area contributed by atoms with Crippen molar-refractivity contribution in [2.24, 2.45) is 0 Å². The monoisotopic (exact) mass is 330 g/mol. The molecule has 0 spiro atoms. The van der Waals surface area contributed by atoms with Crippen LogP contribution in [0.3, 0.4) is 0 Å². The molecule has 0 N–H and O–H groups in total. The number of hydrogen-bond acceptors (Lipinski definition) is 5. The molecule has 5 nitrogen and oxygen atoms in total. The number of carbonyl (C=O) groups is 1. The second-order valence-corrected chi connectivity index (χ2v) is 4.98. The van der Waals surface area contributed by atoms with Gasteiger partial charge in [-0.05, 0) is 24.3 Å². The average Bonchev–Trinajstić information content (AvgIpc) is 2.63. The molecule has 128 valence electrons. The van der Waals surface area contributed by atoms with E-state index in [2.05, 4.69) is 0 Å². The summed E-state index contributed by atoms with van der Waals surface area (Å²) in [5, 5.41) is 0. The van der Waals surface area contributed by atoms with Crippen LogP contribution in [0.2, 0.25) is 0 Å². The van der Waals surface area contributed by atoms with E-state index in [1.54, 1.807) is 0 Å². The molecule has 0 saturated carbocycles. The fraction of sp³-hybridized carbons (Fsp3) is 0.316. The van der Waals surface area contributed by atoms with E-state index in [1.807, 2.05) is 60.7 Å². The molecule has 0 aliphatic rings.